The summed E-state index contributed by atoms with van der Waals surface area (Å²) in [5.74, 6) is -0.394. The summed E-state index contributed by atoms with van der Waals surface area (Å²) in [6, 6.07) is 0. The van der Waals surface area contributed by atoms with Crippen LogP contribution in [0.5, 0.6) is 0 Å². The minimum absolute atomic E-state index is 0.0413. The van der Waals surface area contributed by atoms with Gasteiger partial charge in [0.15, 0.2) is 0 Å². The van der Waals surface area contributed by atoms with Gasteiger partial charge in [0.1, 0.15) is 0 Å². The second kappa shape index (κ2) is 29.9. The van der Waals surface area contributed by atoms with Crippen molar-refractivity contribution in [1.82, 2.24) is 0 Å². The third kappa shape index (κ3) is 37.3. The Morgan fingerprint density at radius 3 is 1.38 bits per heavy atom. The molecule has 146 valence electrons. The van der Waals surface area contributed by atoms with Crippen molar-refractivity contribution in [2.75, 3.05) is 73.2 Å². The van der Waals surface area contributed by atoms with Crippen LogP contribution in [0.1, 0.15) is 13.8 Å². The lowest BCUT2D eigenvalue weighted by Crippen LogP contribution is -2.11. The zero-order valence-corrected chi connectivity index (χ0v) is 15.2. The highest BCUT2D eigenvalue weighted by molar-refractivity contribution is 5.80. The van der Waals surface area contributed by atoms with E-state index in [2.05, 4.69) is 11.3 Å². The number of hydrogen-bond acceptors (Lipinski definition) is 8. The Balaban J connectivity index is -0.000000332. The Bertz CT molecular complexity index is 224. The van der Waals surface area contributed by atoms with Crippen molar-refractivity contribution in [3.05, 3.63) is 12.7 Å². The minimum atomic E-state index is -0.394. The average molecular weight is 354 g/mol. The van der Waals surface area contributed by atoms with Crippen molar-refractivity contribution in [3.63, 3.8) is 0 Å². The molecule has 0 bridgehead atoms. The van der Waals surface area contributed by atoms with E-state index in [1.807, 2.05) is 13.8 Å². The van der Waals surface area contributed by atoms with Crippen molar-refractivity contribution in [3.8, 4) is 0 Å². The van der Waals surface area contributed by atoms with Gasteiger partial charge >= 0.3 is 5.97 Å². The average Bonchev–Trinajstić information content (AvgIpc) is 2.61. The molecule has 0 saturated carbocycles. The number of carbonyl (C=O) groups excluding carboxylic acids is 1. The molecule has 2 N–H and O–H groups in total. The maximum absolute atomic E-state index is 9.84. The monoisotopic (exact) mass is 354 g/mol. The molecule has 8 heteroatoms. The van der Waals surface area contributed by atoms with Crippen LogP contribution in [0.25, 0.3) is 0 Å². The van der Waals surface area contributed by atoms with Gasteiger partial charge in [0, 0.05) is 19.3 Å². The number of aliphatic hydroxyl groups is 2. The van der Waals surface area contributed by atoms with E-state index in [9.17, 15) is 4.79 Å². The highest BCUT2D eigenvalue weighted by Gasteiger charge is 1.90. The predicted molar refractivity (Wildman–Crippen MR) is 91.0 cm³/mol. The lowest BCUT2D eigenvalue weighted by molar-refractivity contribution is -0.134. The molecule has 0 unspecified atom stereocenters. The maximum atomic E-state index is 9.84. The largest absolute Gasteiger partial charge is 0.466 e. The first kappa shape index (κ1) is 27.8. The molecule has 0 aliphatic carbocycles. The Labute approximate surface area is 145 Å². The van der Waals surface area contributed by atoms with Gasteiger partial charge in [-0.25, -0.2) is 4.79 Å². The molecular formula is C16H34O8. The fourth-order valence-corrected chi connectivity index (χ4v) is 0.958. The van der Waals surface area contributed by atoms with Gasteiger partial charge in [-0.15, -0.1) is 0 Å². The van der Waals surface area contributed by atoms with Crippen LogP contribution in [0, 0.1) is 0 Å². The van der Waals surface area contributed by atoms with Crippen molar-refractivity contribution in [1.29, 1.82) is 0 Å². The third-order valence-electron chi connectivity index (χ3n) is 1.99. The van der Waals surface area contributed by atoms with Gasteiger partial charge in [-0.2, -0.15) is 0 Å². The lowest BCUT2D eigenvalue weighted by atomic mass is 10.7. The zero-order chi connectivity index (χ0) is 18.9. The van der Waals surface area contributed by atoms with Crippen LogP contribution < -0.4 is 0 Å². The van der Waals surface area contributed by atoms with Crippen LogP contribution in [0.2, 0.25) is 0 Å². The molecule has 0 radical (unpaired) electrons. The molecule has 0 saturated heterocycles. The Kier molecular flexibility index (Phi) is 34.7. The fraction of sp³-hybridized carbons (Fsp3) is 0.812. The van der Waals surface area contributed by atoms with Gasteiger partial charge in [-0.3, -0.25) is 0 Å². The first-order chi connectivity index (χ1) is 11.6. The molecule has 0 aromatic heterocycles. The van der Waals surface area contributed by atoms with Gasteiger partial charge < -0.3 is 33.9 Å². The van der Waals surface area contributed by atoms with Crippen LogP contribution in [-0.4, -0.2) is 89.4 Å². The molecule has 0 amide bonds. The lowest BCUT2D eigenvalue weighted by Gasteiger charge is -2.04. The highest BCUT2D eigenvalue weighted by Crippen LogP contribution is 1.80. The van der Waals surface area contributed by atoms with Gasteiger partial charge in [0.2, 0.25) is 0 Å². The molecule has 8 nitrogen and oxygen atoms in total. The molecule has 0 aromatic rings. The first-order valence-electron chi connectivity index (χ1n) is 7.87. The number of ether oxygens (including phenoxy) is 5. The standard InChI is InChI=1S/C8H18O5.C4H6O2.C4H10O/c9-1-3-11-5-7-13-8-6-12-4-2-10;1-3-4(5)6-2;1-3-5-4-2/h9-10H,1-8H2;3H,1H2,2H3;3-4H2,1-2H3. The number of aliphatic hydroxyl groups excluding tert-OH is 2. The molecule has 0 atom stereocenters. The smallest absolute Gasteiger partial charge is 0.329 e. The van der Waals surface area contributed by atoms with Crippen molar-refractivity contribution >= 4 is 5.97 Å². The molecule has 0 fully saturated rings. The number of hydrogen-bond donors (Lipinski definition) is 2. The quantitative estimate of drug-likeness (QED) is 0.278. The van der Waals surface area contributed by atoms with Crippen molar-refractivity contribution in [2.45, 2.75) is 13.8 Å². The van der Waals surface area contributed by atoms with Gasteiger partial charge in [0.25, 0.3) is 0 Å². The number of methoxy groups -OCH3 is 1. The van der Waals surface area contributed by atoms with E-state index >= 15 is 0 Å². The summed E-state index contributed by atoms with van der Waals surface area (Å²) in [4.78, 5) is 9.84. The maximum Gasteiger partial charge on any atom is 0.329 e. The van der Waals surface area contributed by atoms with Gasteiger partial charge in [0.05, 0.1) is 60.0 Å². The van der Waals surface area contributed by atoms with Crippen LogP contribution >= 0.6 is 0 Å². The van der Waals surface area contributed by atoms with E-state index in [0.29, 0.717) is 39.6 Å². The second-order valence-electron chi connectivity index (χ2n) is 3.79. The van der Waals surface area contributed by atoms with E-state index in [0.717, 1.165) is 19.3 Å². The van der Waals surface area contributed by atoms with E-state index in [-0.39, 0.29) is 13.2 Å². The summed E-state index contributed by atoms with van der Waals surface area (Å²) >= 11 is 0. The Morgan fingerprint density at radius 2 is 1.21 bits per heavy atom. The summed E-state index contributed by atoms with van der Waals surface area (Å²) in [6.07, 6.45) is 1.11. The van der Waals surface area contributed by atoms with E-state index in [1.54, 1.807) is 0 Å². The highest BCUT2D eigenvalue weighted by atomic mass is 16.5. The molecule has 0 spiro atoms. The SMILES string of the molecule is C=CC(=O)OC.CCOCC.OCCOCCOCCOCCO. The van der Waals surface area contributed by atoms with Crippen LogP contribution in [-0.2, 0) is 28.5 Å². The van der Waals surface area contributed by atoms with Crippen LogP contribution in [0.15, 0.2) is 12.7 Å². The Morgan fingerprint density at radius 1 is 0.833 bits per heavy atom. The minimum Gasteiger partial charge on any atom is -0.466 e. The topological polar surface area (TPSA) is 104 Å². The predicted octanol–water partition coefficient (Wildman–Crippen LogP) is 0.409. The summed E-state index contributed by atoms with van der Waals surface area (Å²) in [5.41, 5.74) is 0. The van der Waals surface area contributed by atoms with E-state index in [1.165, 1.54) is 7.11 Å². The van der Waals surface area contributed by atoms with Crippen molar-refractivity contribution in [2.24, 2.45) is 0 Å². The molecule has 0 rings (SSSR count). The fourth-order valence-electron chi connectivity index (χ4n) is 0.958. The molecule has 0 heterocycles. The normalized spacial score (nSPS) is 9.21. The summed E-state index contributed by atoms with van der Waals surface area (Å²) in [7, 11) is 1.31. The van der Waals surface area contributed by atoms with Crippen LogP contribution in [0.4, 0.5) is 0 Å². The van der Waals surface area contributed by atoms with Crippen LogP contribution in [0.3, 0.4) is 0 Å². The molecular weight excluding hydrogens is 320 g/mol. The first-order valence-corrected chi connectivity index (χ1v) is 7.87. The van der Waals surface area contributed by atoms with Crippen molar-refractivity contribution < 1.29 is 38.7 Å². The Hall–Kier alpha value is -1.03. The molecule has 24 heavy (non-hydrogen) atoms. The van der Waals surface area contributed by atoms with E-state index < -0.39 is 5.97 Å². The molecule has 0 aliphatic heterocycles. The summed E-state index contributed by atoms with van der Waals surface area (Å²) in [5, 5.41) is 16.7. The number of carbonyl (C=O) groups is 1. The number of rotatable bonds is 13. The molecule has 0 aromatic carbocycles. The molecule has 0 aliphatic rings. The van der Waals surface area contributed by atoms with E-state index in [4.69, 9.17) is 29.2 Å². The summed E-state index contributed by atoms with van der Waals surface area (Å²) < 4.78 is 24.0. The number of esters is 1. The third-order valence-corrected chi connectivity index (χ3v) is 1.99. The van der Waals surface area contributed by atoms with Gasteiger partial charge in [-0.05, 0) is 13.8 Å². The second-order valence-corrected chi connectivity index (χ2v) is 3.79. The summed E-state index contributed by atoms with van der Waals surface area (Å²) in [6.45, 7) is 11.6. The van der Waals surface area contributed by atoms with Gasteiger partial charge in [-0.1, -0.05) is 6.58 Å². The zero-order valence-electron chi connectivity index (χ0n) is 15.2.